The fourth-order valence-corrected chi connectivity index (χ4v) is 0. The molecule has 0 aromatic rings. The molecule has 0 aliphatic heterocycles. The summed E-state index contributed by atoms with van der Waals surface area (Å²) in [5, 5.41) is 0. The summed E-state index contributed by atoms with van der Waals surface area (Å²) in [5.74, 6) is 0. The molecule has 0 radical (unpaired) electrons. The third-order valence-corrected chi connectivity index (χ3v) is 0. The zero-order chi connectivity index (χ0) is 0. The first-order chi connectivity index (χ1) is 0. The summed E-state index contributed by atoms with van der Waals surface area (Å²) in [7, 11) is 0. The van der Waals surface area contributed by atoms with Crippen molar-refractivity contribution in [2.24, 2.45) is 0 Å². The second-order valence-corrected chi connectivity index (χ2v) is 0. The molecule has 9 nitrogen and oxygen atoms in total. The minimum atomic E-state index is 0. The van der Waals surface area contributed by atoms with E-state index in [0.29, 0.717) is 0 Å². The van der Waals surface area contributed by atoms with Gasteiger partial charge in [0.25, 0.3) is 0 Å². The molecule has 15 heavy (non-hydrogen) atoms. The van der Waals surface area contributed by atoms with Crippen LogP contribution in [0.4, 0.5) is 0 Å². The zero-order valence-corrected chi connectivity index (χ0v) is 21.2. The van der Waals surface area contributed by atoms with E-state index in [2.05, 4.69) is 0 Å². The molecular formula is Al2O9Sn2Zn2. The Hall–Kier alpha value is 3.55. The molecule has 0 unspecified atom stereocenters. The van der Waals surface area contributed by atoms with Gasteiger partial charge in [-0.1, -0.05) is 0 Å². The third-order valence-electron chi connectivity index (χ3n) is 0. The molecule has 0 aliphatic carbocycles. The van der Waals surface area contributed by atoms with Gasteiger partial charge in [-0.2, -0.15) is 0 Å². The van der Waals surface area contributed by atoms with Crippen molar-refractivity contribution in [2.75, 3.05) is 0 Å². The zero-order valence-electron chi connectivity index (χ0n) is 7.24. The van der Waals surface area contributed by atoms with E-state index in [1.807, 2.05) is 0 Å². The van der Waals surface area contributed by atoms with Gasteiger partial charge in [0.1, 0.15) is 0 Å². The predicted molar refractivity (Wildman–Crippen MR) is 29.2 cm³/mol. The van der Waals surface area contributed by atoms with E-state index in [4.69, 9.17) is 0 Å². The molecule has 0 bridgehead atoms. The van der Waals surface area contributed by atoms with Crippen molar-refractivity contribution in [3.05, 3.63) is 0 Å². The average Bonchev–Trinajstić information content (AvgIpc) is 0. The summed E-state index contributed by atoms with van der Waals surface area (Å²) in [4.78, 5) is 0. The van der Waals surface area contributed by atoms with Crippen molar-refractivity contribution >= 4 is 82.5 Å². The maximum absolute atomic E-state index is 0. The normalized spacial score (nSPS) is 0. The fraction of sp³-hybridized carbons (Fsp3) is 0. The largest absolute Gasteiger partial charge is 4.00 e. The Balaban J connectivity index is 0. The molecule has 0 saturated heterocycles. The Kier molecular flexibility index (Phi) is 11500. The molecule has 0 N–H and O–H groups in total. The van der Waals surface area contributed by atoms with Gasteiger partial charge in [0.2, 0.25) is 0 Å². The van der Waals surface area contributed by atoms with Crippen LogP contribution in [0.3, 0.4) is 0 Å². The summed E-state index contributed by atoms with van der Waals surface area (Å²) >= 11 is 0. The van der Waals surface area contributed by atoms with E-state index >= 15 is 0 Å². The van der Waals surface area contributed by atoms with Crippen LogP contribution >= 0.6 is 0 Å². The van der Waals surface area contributed by atoms with Crippen molar-refractivity contribution in [3.63, 3.8) is 0 Å². The van der Waals surface area contributed by atoms with Crippen LogP contribution in [0, 0.1) is 0 Å². The van der Waals surface area contributed by atoms with Crippen molar-refractivity contribution in [1.29, 1.82) is 0 Å². The van der Waals surface area contributed by atoms with Crippen LogP contribution in [0.5, 0.6) is 0 Å². The first kappa shape index (κ1) is 454. The van der Waals surface area contributed by atoms with E-state index in [1.54, 1.807) is 0 Å². The Morgan fingerprint density at radius 3 is 0.267 bits per heavy atom. The Bertz CT molecular complexity index is 24.1. The van der Waals surface area contributed by atoms with Crippen LogP contribution in [-0.4, -0.2) is 82.5 Å². The van der Waals surface area contributed by atoms with Gasteiger partial charge < -0.3 is 49.3 Å². The number of hydrogen-bond acceptors (Lipinski definition) is 0. The minimum absolute atomic E-state index is 0. The molecule has 0 atom stereocenters. The predicted octanol–water partition coefficient (Wildman–Crippen LogP) is -2.60. The maximum Gasteiger partial charge on any atom is 4.00 e. The molecule has 15 heteroatoms. The van der Waals surface area contributed by atoms with Crippen LogP contribution < -0.4 is 0 Å². The molecule has 0 aromatic carbocycles. The first-order valence-corrected chi connectivity index (χ1v) is 0. The standard InChI is InChI=1S/2Al.9O.2Sn.2Zn/q2*+3;9*-2;2*+4;2*+2. The quantitative estimate of drug-likeness (QED) is 0.274. The summed E-state index contributed by atoms with van der Waals surface area (Å²) in [5.41, 5.74) is 0. The van der Waals surface area contributed by atoms with Crippen molar-refractivity contribution in [2.45, 2.75) is 0 Å². The topological polar surface area (TPSA) is 256 Å². The van der Waals surface area contributed by atoms with E-state index < -0.39 is 0 Å². The molecule has 0 aromatic heterocycles. The van der Waals surface area contributed by atoms with Gasteiger partial charge in [0.15, 0.2) is 0 Å². The summed E-state index contributed by atoms with van der Waals surface area (Å²) in [6, 6.07) is 0. The molecule has 0 aliphatic rings. The van der Waals surface area contributed by atoms with Gasteiger partial charge in [0.05, 0.1) is 0 Å². The molecule has 0 saturated carbocycles. The van der Waals surface area contributed by atoms with Crippen molar-refractivity contribution < 1.29 is 88.2 Å². The van der Waals surface area contributed by atoms with Gasteiger partial charge in [-0.05, 0) is 0 Å². The maximum atomic E-state index is 0. The average molecular weight is 566 g/mol. The summed E-state index contributed by atoms with van der Waals surface area (Å²) in [6.07, 6.45) is 0. The molecule has 0 spiro atoms. The minimum Gasteiger partial charge on any atom is -2.00 e. The summed E-state index contributed by atoms with van der Waals surface area (Å²) in [6.45, 7) is 0. The van der Waals surface area contributed by atoms with Gasteiger partial charge in [-0.25, -0.2) is 0 Å². The smallest absolute Gasteiger partial charge is 2.00 e. The monoisotopic (exact) mass is 566 g/mol. The van der Waals surface area contributed by atoms with Crippen LogP contribution in [0.1, 0.15) is 0 Å². The van der Waals surface area contributed by atoms with Gasteiger partial charge in [-0.3, -0.25) is 0 Å². The van der Waals surface area contributed by atoms with Gasteiger partial charge in [-0.15, -0.1) is 0 Å². The van der Waals surface area contributed by atoms with Crippen LogP contribution in [0.15, 0.2) is 0 Å². The molecule has 0 heterocycles. The number of hydrogen-bond donors (Lipinski definition) is 0. The van der Waals surface area contributed by atoms with E-state index in [1.165, 1.54) is 0 Å². The summed E-state index contributed by atoms with van der Waals surface area (Å²) < 4.78 is 0. The van der Waals surface area contributed by atoms with E-state index in [-0.39, 0.29) is 171 Å². The van der Waals surface area contributed by atoms with E-state index in [9.17, 15) is 0 Å². The molecule has 0 amide bonds. The van der Waals surface area contributed by atoms with Crippen LogP contribution in [-0.2, 0) is 88.2 Å². The van der Waals surface area contributed by atoms with Crippen LogP contribution in [0.25, 0.3) is 0 Å². The Morgan fingerprint density at radius 2 is 0.267 bits per heavy atom. The fourth-order valence-electron chi connectivity index (χ4n) is 0. The molecule has 72 valence electrons. The molecule has 0 fully saturated rings. The second-order valence-electron chi connectivity index (χ2n) is 0. The van der Waals surface area contributed by atoms with Gasteiger partial charge >= 0.3 is 121 Å². The van der Waals surface area contributed by atoms with E-state index in [0.717, 1.165) is 0 Å². The molecule has 0 rings (SSSR count). The second kappa shape index (κ2) is 382. The van der Waals surface area contributed by atoms with Crippen molar-refractivity contribution in [1.82, 2.24) is 0 Å². The molecular weight excluding hydrogens is 566 g/mol. The van der Waals surface area contributed by atoms with Crippen LogP contribution in [0.2, 0.25) is 0 Å². The van der Waals surface area contributed by atoms with Gasteiger partial charge in [0, 0.05) is 0 Å². The first-order valence-electron chi connectivity index (χ1n) is 0. The number of rotatable bonds is 0. The van der Waals surface area contributed by atoms with Crippen molar-refractivity contribution in [3.8, 4) is 0 Å². The Morgan fingerprint density at radius 1 is 0.267 bits per heavy atom. The third kappa shape index (κ3) is 337. The Labute approximate surface area is 168 Å². The SMILES string of the molecule is [Al+3].[Al+3].[O-2].[O-2].[O-2].[O-2].[O-2].[O-2].[O-2].[O-2].[O-2].[Sn+4].[Sn+4].[Zn+2].[Zn+2].